The molecule has 8 heteroatoms. The first kappa shape index (κ1) is 24.4. The van der Waals surface area contributed by atoms with Crippen LogP contribution in [0.5, 0.6) is 0 Å². The van der Waals surface area contributed by atoms with Gasteiger partial charge in [0.2, 0.25) is 5.91 Å². The minimum Gasteiger partial charge on any atom is -0.355 e. The van der Waals surface area contributed by atoms with Gasteiger partial charge in [-0.25, -0.2) is 0 Å². The van der Waals surface area contributed by atoms with Crippen LogP contribution in [-0.2, 0) is 4.79 Å². The number of guanidine groups is 1. The summed E-state index contributed by atoms with van der Waals surface area (Å²) in [7, 11) is 1.80. The van der Waals surface area contributed by atoms with E-state index in [1.165, 1.54) is 0 Å². The molecule has 7 nitrogen and oxygen atoms in total. The summed E-state index contributed by atoms with van der Waals surface area (Å²) in [4.78, 5) is 26.2. The van der Waals surface area contributed by atoms with Crippen LogP contribution in [0.25, 0.3) is 0 Å². The molecule has 0 aromatic rings. The molecular weight excluding hydrogens is 455 g/mol. The predicted molar refractivity (Wildman–Crippen MR) is 123 cm³/mol. The Morgan fingerprint density at radius 2 is 1.78 bits per heavy atom. The minimum atomic E-state index is -0.197. The Kier molecular flexibility index (Phi) is 9.77. The summed E-state index contributed by atoms with van der Waals surface area (Å²) in [6, 6.07) is 0.219. The number of hydrogen-bond donors (Lipinski definition) is 1. The van der Waals surface area contributed by atoms with Gasteiger partial charge < -0.3 is 20.0 Å². The number of nitrogens with one attached hydrogen (secondary N) is 1. The van der Waals surface area contributed by atoms with Crippen LogP contribution < -0.4 is 5.32 Å². The number of halogens is 1. The van der Waals surface area contributed by atoms with E-state index in [2.05, 4.69) is 59.6 Å². The number of hydrogen-bond acceptors (Lipinski definition) is 4. The average molecular weight is 494 g/mol. The van der Waals surface area contributed by atoms with Gasteiger partial charge in [0, 0.05) is 58.9 Å². The maximum Gasteiger partial charge on any atom is 0.242 e. The van der Waals surface area contributed by atoms with Crippen LogP contribution in [-0.4, -0.2) is 109 Å². The highest BCUT2D eigenvalue weighted by Crippen LogP contribution is 2.24. The number of likely N-dealkylation sites (N-methyl/N-ethyl adjacent to an activating group) is 1. The zero-order chi connectivity index (χ0) is 19.3. The fraction of sp³-hybridized carbons (Fsp3) is 0.895. The van der Waals surface area contributed by atoms with Crippen molar-refractivity contribution in [1.82, 2.24) is 24.9 Å². The molecule has 0 bridgehead atoms. The van der Waals surface area contributed by atoms with Gasteiger partial charge >= 0.3 is 0 Å². The van der Waals surface area contributed by atoms with Crippen molar-refractivity contribution in [1.29, 1.82) is 0 Å². The maximum atomic E-state index is 12.7. The van der Waals surface area contributed by atoms with Crippen molar-refractivity contribution in [2.24, 2.45) is 4.99 Å². The van der Waals surface area contributed by atoms with Gasteiger partial charge in [-0.05, 0) is 34.2 Å². The van der Waals surface area contributed by atoms with Crippen molar-refractivity contribution < 1.29 is 4.79 Å². The van der Waals surface area contributed by atoms with Crippen molar-refractivity contribution >= 4 is 35.8 Å². The van der Waals surface area contributed by atoms with E-state index in [1.54, 1.807) is 7.05 Å². The molecule has 2 saturated heterocycles. The van der Waals surface area contributed by atoms with Crippen molar-refractivity contribution in [2.45, 2.75) is 46.2 Å². The monoisotopic (exact) mass is 494 g/mol. The zero-order valence-corrected chi connectivity index (χ0v) is 20.3. The Bertz CT molecular complexity index is 502. The molecule has 2 aliphatic heterocycles. The smallest absolute Gasteiger partial charge is 0.242 e. The van der Waals surface area contributed by atoms with E-state index >= 15 is 0 Å². The molecule has 0 saturated carbocycles. The summed E-state index contributed by atoms with van der Waals surface area (Å²) < 4.78 is 0. The molecule has 27 heavy (non-hydrogen) atoms. The predicted octanol–water partition coefficient (Wildman–Crippen LogP) is 1.15. The summed E-state index contributed by atoms with van der Waals surface area (Å²) in [6.45, 7) is 19.5. The van der Waals surface area contributed by atoms with Gasteiger partial charge in [-0.3, -0.25) is 14.7 Å². The average Bonchev–Trinajstić information content (AvgIpc) is 2.57. The number of piperazine rings is 2. The van der Waals surface area contributed by atoms with E-state index in [4.69, 9.17) is 0 Å². The molecule has 1 N–H and O–H groups in total. The molecule has 2 rings (SSSR count). The Balaban J connectivity index is 0.00000364. The molecule has 2 heterocycles. The van der Waals surface area contributed by atoms with E-state index in [-0.39, 0.29) is 41.5 Å². The van der Waals surface area contributed by atoms with Crippen LogP contribution in [0.1, 0.15) is 34.6 Å². The standard InChI is InChI=1S/C19H38N6O.HI/c1-7-22-10-12-23(13-11-22)9-8-21-18(20-6)24-14-17(26)25(16(2)3)19(4,5)15-24;/h16H,7-15H2,1-6H3,(H,20,21);1H. The second-order valence-electron chi connectivity index (χ2n) is 8.28. The molecule has 2 aliphatic rings. The first-order chi connectivity index (χ1) is 12.3. The number of rotatable bonds is 5. The molecule has 0 atom stereocenters. The third kappa shape index (κ3) is 6.45. The lowest BCUT2D eigenvalue weighted by Gasteiger charge is -2.49. The van der Waals surface area contributed by atoms with E-state index in [1.807, 2.05) is 4.90 Å². The van der Waals surface area contributed by atoms with Gasteiger partial charge in [-0.15, -0.1) is 24.0 Å². The molecular formula is C19H39IN6O. The van der Waals surface area contributed by atoms with E-state index in [0.717, 1.165) is 58.3 Å². The van der Waals surface area contributed by atoms with Crippen molar-refractivity contribution in [2.75, 3.05) is 66.0 Å². The van der Waals surface area contributed by atoms with Gasteiger partial charge in [0.25, 0.3) is 0 Å². The lowest BCUT2D eigenvalue weighted by atomic mass is 9.96. The number of carbonyl (C=O) groups is 1. The Hall–Kier alpha value is -0.610. The summed E-state index contributed by atoms with van der Waals surface area (Å²) in [5.74, 6) is 1.01. The molecule has 0 radical (unpaired) electrons. The number of carbonyl (C=O) groups excluding carboxylic acids is 1. The maximum absolute atomic E-state index is 12.7. The van der Waals surface area contributed by atoms with Crippen LogP contribution in [0.15, 0.2) is 4.99 Å². The fourth-order valence-electron chi connectivity index (χ4n) is 4.30. The highest BCUT2D eigenvalue weighted by atomic mass is 127. The number of amides is 1. The molecule has 0 unspecified atom stereocenters. The Morgan fingerprint density at radius 3 is 2.26 bits per heavy atom. The first-order valence-electron chi connectivity index (χ1n) is 10.0. The normalized spacial score (nSPS) is 22.2. The first-order valence-corrected chi connectivity index (χ1v) is 10.0. The molecule has 0 spiro atoms. The topological polar surface area (TPSA) is 54.4 Å². The van der Waals surface area contributed by atoms with E-state index in [9.17, 15) is 4.79 Å². The van der Waals surface area contributed by atoms with Crippen LogP contribution in [0, 0.1) is 0 Å². The molecule has 158 valence electrons. The van der Waals surface area contributed by atoms with Crippen LogP contribution in [0.3, 0.4) is 0 Å². The van der Waals surface area contributed by atoms with Crippen LogP contribution >= 0.6 is 24.0 Å². The second kappa shape index (κ2) is 10.8. The summed E-state index contributed by atoms with van der Waals surface area (Å²) in [6.07, 6.45) is 0. The quantitative estimate of drug-likeness (QED) is 0.353. The highest BCUT2D eigenvalue weighted by molar-refractivity contribution is 14.0. The van der Waals surface area contributed by atoms with Crippen molar-refractivity contribution in [3.05, 3.63) is 0 Å². The van der Waals surface area contributed by atoms with Crippen LogP contribution in [0.2, 0.25) is 0 Å². The van der Waals surface area contributed by atoms with Gasteiger partial charge in [0.1, 0.15) is 0 Å². The zero-order valence-electron chi connectivity index (χ0n) is 18.0. The summed E-state index contributed by atoms with van der Waals surface area (Å²) >= 11 is 0. The Morgan fingerprint density at radius 1 is 1.19 bits per heavy atom. The highest BCUT2D eigenvalue weighted by Gasteiger charge is 2.40. The molecule has 1 amide bonds. The van der Waals surface area contributed by atoms with Crippen molar-refractivity contribution in [3.8, 4) is 0 Å². The number of nitrogens with zero attached hydrogens (tertiary/aromatic N) is 5. The molecule has 0 aromatic heterocycles. The van der Waals surface area contributed by atoms with E-state index < -0.39 is 0 Å². The third-order valence-electron chi connectivity index (χ3n) is 5.48. The van der Waals surface area contributed by atoms with Gasteiger partial charge in [0.05, 0.1) is 12.1 Å². The number of aliphatic imine (C=N–C) groups is 1. The summed E-state index contributed by atoms with van der Waals surface area (Å²) in [5.41, 5.74) is -0.197. The van der Waals surface area contributed by atoms with Gasteiger partial charge in [-0.1, -0.05) is 6.92 Å². The molecule has 0 aliphatic carbocycles. The van der Waals surface area contributed by atoms with Gasteiger partial charge in [0.15, 0.2) is 5.96 Å². The lowest BCUT2D eigenvalue weighted by molar-refractivity contribution is -0.145. The Labute approximate surface area is 182 Å². The lowest BCUT2D eigenvalue weighted by Crippen LogP contribution is -2.66. The fourth-order valence-corrected chi connectivity index (χ4v) is 4.30. The van der Waals surface area contributed by atoms with E-state index in [0.29, 0.717) is 6.54 Å². The molecule has 2 fully saturated rings. The summed E-state index contributed by atoms with van der Waals surface area (Å²) in [5, 5.41) is 3.46. The van der Waals surface area contributed by atoms with Crippen molar-refractivity contribution in [3.63, 3.8) is 0 Å². The molecule has 0 aromatic carbocycles. The largest absolute Gasteiger partial charge is 0.355 e. The second-order valence-corrected chi connectivity index (χ2v) is 8.28. The van der Waals surface area contributed by atoms with Gasteiger partial charge in [-0.2, -0.15) is 0 Å². The minimum absolute atomic E-state index is 0. The SMILES string of the molecule is CCN1CCN(CCNC(=NC)N2CC(=O)N(C(C)C)C(C)(C)C2)CC1.I. The van der Waals surface area contributed by atoms with Crippen LogP contribution in [0.4, 0.5) is 0 Å². The third-order valence-corrected chi connectivity index (χ3v) is 5.48.